The van der Waals surface area contributed by atoms with Crippen molar-refractivity contribution in [3.05, 3.63) is 12.3 Å². The molecular formula is C12H22O5. The zero-order valence-electron chi connectivity index (χ0n) is 10.3. The van der Waals surface area contributed by atoms with Gasteiger partial charge in [0.2, 0.25) is 0 Å². The van der Waals surface area contributed by atoms with Gasteiger partial charge in [0.05, 0.1) is 58.6 Å². The standard InChI is InChI=1S/C12H22O5/c1-12-2-3-13-4-5-14-6-7-15-8-9-16-10-11-17-12/h1-11H2. The Morgan fingerprint density at radius 3 is 1.53 bits per heavy atom. The average molecular weight is 246 g/mol. The molecule has 0 aromatic heterocycles. The average Bonchev–Trinajstić information content (AvgIpc) is 2.32. The van der Waals surface area contributed by atoms with Crippen LogP contribution in [-0.4, -0.2) is 59.5 Å². The maximum Gasteiger partial charge on any atom is 0.111 e. The van der Waals surface area contributed by atoms with Gasteiger partial charge in [0, 0.05) is 6.42 Å². The summed E-state index contributed by atoms with van der Waals surface area (Å²) in [5, 5.41) is 0. The molecule has 0 N–H and O–H groups in total. The second kappa shape index (κ2) is 10.5. The number of hydrogen-bond acceptors (Lipinski definition) is 5. The van der Waals surface area contributed by atoms with Gasteiger partial charge >= 0.3 is 0 Å². The van der Waals surface area contributed by atoms with Gasteiger partial charge in [-0.3, -0.25) is 0 Å². The van der Waals surface area contributed by atoms with Crippen molar-refractivity contribution in [2.24, 2.45) is 0 Å². The Bertz CT molecular complexity index is 177. The summed E-state index contributed by atoms with van der Waals surface area (Å²) in [6.07, 6.45) is 0.711. The van der Waals surface area contributed by atoms with Crippen molar-refractivity contribution in [1.82, 2.24) is 0 Å². The van der Waals surface area contributed by atoms with Crippen LogP contribution >= 0.6 is 0 Å². The van der Waals surface area contributed by atoms with Gasteiger partial charge in [-0.1, -0.05) is 6.58 Å². The molecule has 0 bridgehead atoms. The third kappa shape index (κ3) is 9.12. The van der Waals surface area contributed by atoms with Gasteiger partial charge in [0.25, 0.3) is 0 Å². The van der Waals surface area contributed by atoms with Gasteiger partial charge in [0.15, 0.2) is 0 Å². The summed E-state index contributed by atoms with van der Waals surface area (Å²) in [6, 6.07) is 0. The monoisotopic (exact) mass is 246 g/mol. The fraction of sp³-hybridized carbons (Fsp3) is 0.833. The van der Waals surface area contributed by atoms with Gasteiger partial charge in [-0.2, -0.15) is 0 Å². The molecule has 1 saturated heterocycles. The maximum absolute atomic E-state index is 5.37. The zero-order chi connectivity index (χ0) is 12.2. The Balaban J connectivity index is 2.11. The molecule has 0 radical (unpaired) electrons. The van der Waals surface area contributed by atoms with E-state index in [0.29, 0.717) is 65.9 Å². The molecule has 0 aromatic carbocycles. The molecule has 1 fully saturated rings. The zero-order valence-corrected chi connectivity index (χ0v) is 10.3. The fourth-order valence-corrected chi connectivity index (χ4v) is 1.26. The van der Waals surface area contributed by atoms with E-state index in [9.17, 15) is 0 Å². The maximum atomic E-state index is 5.37. The minimum Gasteiger partial charge on any atom is -0.496 e. The van der Waals surface area contributed by atoms with Crippen molar-refractivity contribution in [1.29, 1.82) is 0 Å². The molecule has 0 unspecified atom stereocenters. The van der Waals surface area contributed by atoms with Crippen LogP contribution in [0.1, 0.15) is 6.42 Å². The first-order valence-corrected chi connectivity index (χ1v) is 6.01. The van der Waals surface area contributed by atoms with E-state index < -0.39 is 0 Å². The van der Waals surface area contributed by atoms with Crippen LogP contribution in [0.5, 0.6) is 0 Å². The summed E-state index contributed by atoms with van der Waals surface area (Å²) >= 11 is 0. The van der Waals surface area contributed by atoms with Crippen molar-refractivity contribution in [3.63, 3.8) is 0 Å². The van der Waals surface area contributed by atoms with Crippen LogP contribution in [0, 0.1) is 0 Å². The Hall–Kier alpha value is -0.620. The number of rotatable bonds is 0. The summed E-state index contributed by atoms with van der Waals surface area (Å²) in [7, 11) is 0. The molecule has 100 valence electrons. The highest BCUT2D eigenvalue weighted by Gasteiger charge is 1.98. The van der Waals surface area contributed by atoms with E-state index in [1.165, 1.54) is 0 Å². The van der Waals surface area contributed by atoms with Crippen LogP contribution in [0.2, 0.25) is 0 Å². The highest BCUT2D eigenvalue weighted by molar-refractivity contribution is 4.81. The lowest BCUT2D eigenvalue weighted by atomic mass is 10.4. The van der Waals surface area contributed by atoms with Crippen molar-refractivity contribution in [3.8, 4) is 0 Å². The predicted octanol–water partition coefficient (Wildman–Crippen LogP) is 0.987. The molecule has 0 atom stereocenters. The molecule has 0 amide bonds. The van der Waals surface area contributed by atoms with Crippen LogP contribution in [0.4, 0.5) is 0 Å². The molecule has 0 aliphatic carbocycles. The highest BCUT2D eigenvalue weighted by Crippen LogP contribution is 2.00. The summed E-state index contributed by atoms with van der Waals surface area (Å²) in [4.78, 5) is 0. The molecule has 1 heterocycles. The van der Waals surface area contributed by atoms with Gasteiger partial charge in [-0.05, 0) is 0 Å². The van der Waals surface area contributed by atoms with Gasteiger partial charge < -0.3 is 23.7 Å². The molecule has 1 aliphatic rings. The molecule has 1 aliphatic heterocycles. The first-order chi connectivity index (χ1) is 8.39. The second-order valence-electron chi connectivity index (χ2n) is 3.59. The minimum atomic E-state index is 0.530. The summed E-state index contributed by atoms with van der Waals surface area (Å²) in [6.45, 7) is 9.04. The van der Waals surface area contributed by atoms with Crippen molar-refractivity contribution in [2.75, 3.05) is 59.5 Å². The third-order valence-corrected chi connectivity index (χ3v) is 2.18. The van der Waals surface area contributed by atoms with Crippen molar-refractivity contribution < 1.29 is 23.7 Å². The van der Waals surface area contributed by atoms with E-state index in [1.54, 1.807) is 0 Å². The largest absolute Gasteiger partial charge is 0.496 e. The molecule has 0 spiro atoms. The van der Waals surface area contributed by atoms with Crippen LogP contribution in [-0.2, 0) is 23.7 Å². The SMILES string of the molecule is C=C1CCOCCOCCOCCOCCO1. The minimum absolute atomic E-state index is 0.530. The molecular weight excluding hydrogens is 224 g/mol. The highest BCUT2D eigenvalue weighted by atomic mass is 16.6. The Morgan fingerprint density at radius 2 is 1.00 bits per heavy atom. The molecule has 0 saturated carbocycles. The molecule has 5 heteroatoms. The van der Waals surface area contributed by atoms with Crippen LogP contribution in [0.3, 0.4) is 0 Å². The molecule has 0 aromatic rings. The van der Waals surface area contributed by atoms with Gasteiger partial charge in [-0.25, -0.2) is 0 Å². The van der Waals surface area contributed by atoms with Gasteiger partial charge in [0.1, 0.15) is 6.61 Å². The summed E-state index contributed by atoms with van der Waals surface area (Å²) in [5.74, 6) is 0.734. The smallest absolute Gasteiger partial charge is 0.111 e. The van der Waals surface area contributed by atoms with Crippen molar-refractivity contribution in [2.45, 2.75) is 6.42 Å². The van der Waals surface area contributed by atoms with Crippen LogP contribution in [0.25, 0.3) is 0 Å². The third-order valence-electron chi connectivity index (χ3n) is 2.18. The number of hydrogen-bond donors (Lipinski definition) is 0. The predicted molar refractivity (Wildman–Crippen MR) is 63.0 cm³/mol. The molecule has 5 nitrogen and oxygen atoms in total. The second-order valence-corrected chi connectivity index (χ2v) is 3.59. The Kier molecular flexibility index (Phi) is 8.94. The molecule has 1 rings (SSSR count). The summed E-state index contributed by atoms with van der Waals surface area (Å²) < 4.78 is 26.7. The quantitative estimate of drug-likeness (QED) is 0.638. The van der Waals surface area contributed by atoms with Crippen molar-refractivity contribution >= 4 is 0 Å². The van der Waals surface area contributed by atoms with Crippen LogP contribution < -0.4 is 0 Å². The first kappa shape index (κ1) is 14.4. The Morgan fingerprint density at radius 1 is 0.588 bits per heavy atom. The van der Waals surface area contributed by atoms with E-state index in [1.807, 2.05) is 0 Å². The topological polar surface area (TPSA) is 46.2 Å². The van der Waals surface area contributed by atoms with E-state index in [4.69, 9.17) is 23.7 Å². The first-order valence-electron chi connectivity index (χ1n) is 6.01. The lowest BCUT2D eigenvalue weighted by Crippen LogP contribution is -2.14. The molecule has 17 heavy (non-hydrogen) atoms. The van der Waals surface area contributed by atoms with E-state index >= 15 is 0 Å². The lowest BCUT2D eigenvalue weighted by molar-refractivity contribution is -0.0128. The van der Waals surface area contributed by atoms with E-state index in [2.05, 4.69) is 6.58 Å². The fourth-order valence-electron chi connectivity index (χ4n) is 1.26. The Labute approximate surface area is 103 Å². The van der Waals surface area contributed by atoms with E-state index in [-0.39, 0.29) is 0 Å². The van der Waals surface area contributed by atoms with Crippen LogP contribution in [0.15, 0.2) is 12.3 Å². The normalized spacial score (nSPS) is 22.9. The summed E-state index contributed by atoms with van der Waals surface area (Å²) in [5.41, 5.74) is 0. The number of ether oxygens (including phenoxy) is 5. The van der Waals surface area contributed by atoms with E-state index in [0.717, 1.165) is 5.76 Å². The lowest BCUT2D eigenvalue weighted by Gasteiger charge is -2.11. The van der Waals surface area contributed by atoms with Gasteiger partial charge in [-0.15, -0.1) is 0 Å².